The van der Waals surface area contributed by atoms with Crippen LogP contribution in [0.15, 0.2) is 82.7 Å². The van der Waals surface area contributed by atoms with E-state index in [2.05, 4.69) is 31.1 Å². The Labute approximate surface area is 193 Å². The van der Waals surface area contributed by atoms with Gasteiger partial charge in [-0.05, 0) is 61.5 Å². The van der Waals surface area contributed by atoms with E-state index in [1.807, 2.05) is 72.2 Å². The van der Waals surface area contributed by atoms with Gasteiger partial charge in [0.15, 0.2) is 11.0 Å². The Morgan fingerprint density at radius 2 is 1.84 bits per heavy atom. The molecule has 0 aliphatic carbocycles. The van der Waals surface area contributed by atoms with Crippen molar-refractivity contribution in [3.63, 3.8) is 0 Å². The van der Waals surface area contributed by atoms with E-state index in [-0.39, 0.29) is 0 Å². The maximum Gasteiger partial charge on any atom is 0.196 e. The van der Waals surface area contributed by atoms with Crippen LogP contribution in [0.1, 0.15) is 6.92 Å². The highest BCUT2D eigenvalue weighted by molar-refractivity contribution is 9.10. The lowest BCUT2D eigenvalue weighted by Gasteiger charge is -2.12. The van der Waals surface area contributed by atoms with Crippen LogP contribution in [0.3, 0.4) is 0 Å². The molecule has 6 nitrogen and oxygen atoms in total. The molecular weight excluding hydrogens is 476 g/mol. The fourth-order valence-electron chi connectivity index (χ4n) is 2.99. The predicted octanol–water partition coefficient (Wildman–Crippen LogP) is 5.66. The number of nitrogens with zero attached hydrogens (tertiary/aromatic N) is 4. The number of hydrogen-bond donors (Lipinski definition) is 0. The lowest BCUT2D eigenvalue weighted by atomic mass is 10.2. The van der Waals surface area contributed by atoms with Crippen LogP contribution in [0.5, 0.6) is 11.5 Å². The van der Waals surface area contributed by atoms with Gasteiger partial charge in [0.1, 0.15) is 11.5 Å². The Kier molecular flexibility index (Phi) is 7.22. The molecular formula is C23H21BrN4O2S. The number of thioether (sulfide) groups is 1. The van der Waals surface area contributed by atoms with E-state index in [9.17, 15) is 0 Å². The number of hydrogen-bond acceptors (Lipinski definition) is 6. The SMILES string of the molecule is CCOc1ccc(-n2c(SCCOc3cccc(Br)c3)nnc2-c2cccnc2)cc1. The molecule has 0 fully saturated rings. The standard InChI is InChI=1S/C23H21BrN4O2S/c1-2-29-20-10-8-19(9-11-20)28-22(17-5-4-12-25-16-17)26-27-23(28)31-14-13-30-21-7-3-6-18(24)15-21/h3-12,15-16H,2,13-14H2,1H3. The minimum absolute atomic E-state index is 0.555. The van der Waals surface area contributed by atoms with Gasteiger partial charge < -0.3 is 9.47 Å². The summed E-state index contributed by atoms with van der Waals surface area (Å²) in [5.74, 6) is 3.14. The third-order valence-corrected chi connectivity index (χ3v) is 5.72. The van der Waals surface area contributed by atoms with Crippen LogP contribution in [0.25, 0.3) is 17.1 Å². The van der Waals surface area contributed by atoms with Crippen LogP contribution in [-0.2, 0) is 0 Å². The largest absolute Gasteiger partial charge is 0.494 e. The minimum atomic E-state index is 0.555. The summed E-state index contributed by atoms with van der Waals surface area (Å²) in [6.45, 7) is 3.16. The van der Waals surface area contributed by atoms with Crippen molar-refractivity contribution in [1.29, 1.82) is 0 Å². The van der Waals surface area contributed by atoms with Crippen molar-refractivity contribution in [3.05, 3.63) is 77.5 Å². The molecule has 2 aromatic heterocycles. The molecule has 2 heterocycles. The molecule has 0 radical (unpaired) electrons. The third-order valence-electron chi connectivity index (χ3n) is 4.34. The molecule has 0 amide bonds. The first kappa shape index (κ1) is 21.4. The lowest BCUT2D eigenvalue weighted by Crippen LogP contribution is -2.04. The van der Waals surface area contributed by atoms with Gasteiger partial charge >= 0.3 is 0 Å². The van der Waals surface area contributed by atoms with E-state index in [4.69, 9.17) is 9.47 Å². The molecule has 4 aromatic rings. The topological polar surface area (TPSA) is 62.1 Å². The molecule has 0 saturated heterocycles. The molecule has 2 aromatic carbocycles. The van der Waals surface area contributed by atoms with Crippen molar-refractivity contribution in [2.45, 2.75) is 12.1 Å². The monoisotopic (exact) mass is 496 g/mol. The number of ether oxygens (including phenoxy) is 2. The first-order valence-electron chi connectivity index (χ1n) is 9.85. The van der Waals surface area contributed by atoms with E-state index >= 15 is 0 Å². The average Bonchev–Trinajstić information content (AvgIpc) is 3.22. The van der Waals surface area contributed by atoms with Crippen molar-refractivity contribution in [1.82, 2.24) is 19.7 Å². The summed E-state index contributed by atoms with van der Waals surface area (Å²) in [6, 6.07) is 19.6. The van der Waals surface area contributed by atoms with Gasteiger partial charge in [-0.1, -0.05) is 33.8 Å². The predicted molar refractivity (Wildman–Crippen MR) is 126 cm³/mol. The Bertz CT molecular complexity index is 1120. The highest BCUT2D eigenvalue weighted by atomic mass is 79.9. The maximum absolute atomic E-state index is 5.85. The first-order valence-corrected chi connectivity index (χ1v) is 11.6. The zero-order valence-electron chi connectivity index (χ0n) is 16.9. The molecule has 0 atom stereocenters. The van der Waals surface area contributed by atoms with E-state index in [0.717, 1.165) is 44.0 Å². The summed E-state index contributed by atoms with van der Waals surface area (Å²) in [4.78, 5) is 4.23. The van der Waals surface area contributed by atoms with Gasteiger partial charge in [-0.2, -0.15) is 0 Å². The molecule has 0 unspecified atom stereocenters. The number of rotatable bonds is 9. The van der Waals surface area contributed by atoms with Gasteiger partial charge in [0.25, 0.3) is 0 Å². The normalized spacial score (nSPS) is 10.8. The summed E-state index contributed by atoms with van der Waals surface area (Å²) < 4.78 is 14.5. The molecule has 0 aliphatic heterocycles. The fraction of sp³-hybridized carbons (Fsp3) is 0.174. The van der Waals surface area contributed by atoms with Crippen molar-refractivity contribution in [2.24, 2.45) is 0 Å². The summed E-state index contributed by atoms with van der Waals surface area (Å²) in [7, 11) is 0. The molecule has 0 bridgehead atoms. The van der Waals surface area contributed by atoms with E-state index in [1.165, 1.54) is 0 Å². The molecule has 31 heavy (non-hydrogen) atoms. The third kappa shape index (κ3) is 5.45. The molecule has 0 aliphatic rings. The van der Waals surface area contributed by atoms with Gasteiger partial charge in [-0.25, -0.2) is 0 Å². The van der Waals surface area contributed by atoms with Crippen LogP contribution in [0.2, 0.25) is 0 Å². The second-order valence-electron chi connectivity index (χ2n) is 6.46. The number of halogens is 1. The van der Waals surface area contributed by atoms with Crippen molar-refractivity contribution in [2.75, 3.05) is 19.0 Å². The van der Waals surface area contributed by atoms with Gasteiger partial charge in [0, 0.05) is 33.9 Å². The van der Waals surface area contributed by atoms with Gasteiger partial charge in [-0.3, -0.25) is 9.55 Å². The molecule has 0 N–H and O–H groups in total. The Hall–Kier alpha value is -2.84. The Balaban J connectivity index is 1.55. The van der Waals surface area contributed by atoms with Gasteiger partial charge in [0.2, 0.25) is 0 Å². The van der Waals surface area contributed by atoms with Gasteiger partial charge in [0.05, 0.1) is 13.2 Å². The average molecular weight is 497 g/mol. The van der Waals surface area contributed by atoms with Crippen molar-refractivity contribution in [3.8, 4) is 28.6 Å². The zero-order chi connectivity index (χ0) is 21.5. The second kappa shape index (κ2) is 10.5. The summed E-state index contributed by atoms with van der Waals surface area (Å²) in [6.07, 6.45) is 3.54. The van der Waals surface area contributed by atoms with Crippen LogP contribution >= 0.6 is 27.7 Å². The highest BCUT2D eigenvalue weighted by Crippen LogP contribution is 2.28. The quantitative estimate of drug-likeness (QED) is 0.220. The van der Waals surface area contributed by atoms with Crippen LogP contribution < -0.4 is 9.47 Å². The molecule has 0 saturated carbocycles. The van der Waals surface area contributed by atoms with Crippen molar-refractivity contribution < 1.29 is 9.47 Å². The van der Waals surface area contributed by atoms with Crippen LogP contribution in [0.4, 0.5) is 0 Å². The number of aromatic nitrogens is 4. The van der Waals surface area contributed by atoms with E-state index in [0.29, 0.717) is 13.2 Å². The first-order chi connectivity index (χ1) is 15.2. The Morgan fingerprint density at radius 3 is 2.58 bits per heavy atom. The molecule has 158 valence electrons. The molecule has 0 spiro atoms. The van der Waals surface area contributed by atoms with Crippen LogP contribution in [0, 0.1) is 0 Å². The second-order valence-corrected chi connectivity index (χ2v) is 8.44. The number of benzene rings is 2. The molecule has 8 heteroatoms. The molecule has 4 rings (SSSR count). The smallest absolute Gasteiger partial charge is 0.196 e. The zero-order valence-corrected chi connectivity index (χ0v) is 19.3. The minimum Gasteiger partial charge on any atom is -0.494 e. The van der Waals surface area contributed by atoms with E-state index < -0.39 is 0 Å². The Morgan fingerprint density at radius 1 is 0.968 bits per heavy atom. The van der Waals surface area contributed by atoms with Crippen LogP contribution in [-0.4, -0.2) is 38.7 Å². The highest BCUT2D eigenvalue weighted by Gasteiger charge is 2.16. The van der Waals surface area contributed by atoms with E-state index in [1.54, 1.807) is 24.2 Å². The lowest BCUT2D eigenvalue weighted by molar-refractivity contribution is 0.340. The fourth-order valence-corrected chi connectivity index (χ4v) is 4.13. The summed E-state index contributed by atoms with van der Waals surface area (Å²) in [5, 5.41) is 9.68. The summed E-state index contributed by atoms with van der Waals surface area (Å²) >= 11 is 5.06. The summed E-state index contributed by atoms with van der Waals surface area (Å²) in [5.41, 5.74) is 1.86. The van der Waals surface area contributed by atoms with Crippen molar-refractivity contribution >= 4 is 27.7 Å². The number of pyridine rings is 1. The van der Waals surface area contributed by atoms with Gasteiger partial charge in [-0.15, -0.1) is 10.2 Å². The maximum atomic E-state index is 5.85.